The molecular weight excluding hydrogens is 402 g/mol. The van der Waals surface area contributed by atoms with E-state index in [1.807, 2.05) is 65.3 Å². The van der Waals surface area contributed by atoms with Gasteiger partial charge in [0.25, 0.3) is 5.91 Å². The molecule has 3 aromatic carbocycles. The lowest BCUT2D eigenvalue weighted by Crippen LogP contribution is -2.34. The fourth-order valence-corrected chi connectivity index (χ4v) is 4.00. The quantitative estimate of drug-likeness (QED) is 0.486. The number of nitrogens with zero attached hydrogens (tertiary/aromatic N) is 2. The molecule has 5 rings (SSSR count). The van der Waals surface area contributed by atoms with Gasteiger partial charge in [0.2, 0.25) is 0 Å². The molecule has 6 heteroatoms. The van der Waals surface area contributed by atoms with E-state index in [0.29, 0.717) is 25.4 Å². The summed E-state index contributed by atoms with van der Waals surface area (Å²) in [5.41, 5.74) is 3.28. The Morgan fingerprint density at radius 3 is 2.75 bits per heavy atom. The van der Waals surface area contributed by atoms with Crippen LogP contribution in [0.1, 0.15) is 22.9 Å². The predicted octanol–water partition coefficient (Wildman–Crippen LogP) is 3.89. The SMILES string of the molecule is O=C(COc1ccc2ccccc2c1)NCC1OCCc2cn(Cc3ccccc3)nc21. The molecule has 0 bridgehead atoms. The van der Waals surface area contributed by atoms with Gasteiger partial charge >= 0.3 is 0 Å². The number of amides is 1. The fraction of sp³-hybridized carbons (Fsp3) is 0.231. The molecule has 1 aromatic heterocycles. The van der Waals surface area contributed by atoms with E-state index in [1.165, 1.54) is 11.1 Å². The second-order valence-corrected chi connectivity index (χ2v) is 7.93. The molecule has 6 nitrogen and oxygen atoms in total. The molecule has 1 atom stereocenters. The van der Waals surface area contributed by atoms with Gasteiger partial charge in [-0.05, 0) is 40.5 Å². The topological polar surface area (TPSA) is 65.4 Å². The van der Waals surface area contributed by atoms with Crippen LogP contribution in [0.25, 0.3) is 10.8 Å². The summed E-state index contributed by atoms with van der Waals surface area (Å²) in [7, 11) is 0. The Morgan fingerprint density at radius 2 is 1.88 bits per heavy atom. The molecule has 0 fully saturated rings. The fourth-order valence-electron chi connectivity index (χ4n) is 4.00. The molecule has 0 spiro atoms. The zero-order valence-electron chi connectivity index (χ0n) is 17.7. The molecule has 162 valence electrons. The summed E-state index contributed by atoms with van der Waals surface area (Å²) in [6, 6.07) is 24.1. The highest BCUT2D eigenvalue weighted by Gasteiger charge is 2.25. The lowest BCUT2D eigenvalue weighted by molar-refractivity contribution is -0.123. The number of carbonyl (C=O) groups excluding carboxylic acids is 1. The molecule has 4 aromatic rings. The van der Waals surface area contributed by atoms with Crippen molar-refractivity contribution in [1.82, 2.24) is 15.1 Å². The average molecular weight is 428 g/mol. The first-order valence-corrected chi connectivity index (χ1v) is 10.8. The van der Waals surface area contributed by atoms with E-state index >= 15 is 0 Å². The van der Waals surface area contributed by atoms with Crippen molar-refractivity contribution in [2.24, 2.45) is 0 Å². The van der Waals surface area contributed by atoms with Gasteiger partial charge in [0.05, 0.1) is 18.8 Å². The van der Waals surface area contributed by atoms with E-state index in [4.69, 9.17) is 14.6 Å². The predicted molar refractivity (Wildman–Crippen MR) is 123 cm³/mol. The molecule has 1 aliphatic heterocycles. The lowest BCUT2D eigenvalue weighted by atomic mass is 10.1. The van der Waals surface area contributed by atoms with Gasteiger partial charge in [-0.25, -0.2) is 0 Å². The van der Waals surface area contributed by atoms with Gasteiger partial charge in [0.15, 0.2) is 6.61 Å². The minimum Gasteiger partial charge on any atom is -0.484 e. The van der Waals surface area contributed by atoms with Gasteiger partial charge in [-0.1, -0.05) is 60.7 Å². The zero-order valence-corrected chi connectivity index (χ0v) is 17.7. The molecule has 2 heterocycles. The number of aromatic nitrogens is 2. The maximum atomic E-state index is 12.4. The van der Waals surface area contributed by atoms with Gasteiger partial charge in [-0.15, -0.1) is 0 Å². The summed E-state index contributed by atoms with van der Waals surface area (Å²) < 4.78 is 13.5. The van der Waals surface area contributed by atoms with Crippen LogP contribution >= 0.6 is 0 Å². The summed E-state index contributed by atoms with van der Waals surface area (Å²) >= 11 is 0. The standard InChI is InChI=1S/C26H25N3O3/c30-25(18-32-23-11-10-20-8-4-5-9-21(20)14-23)27-15-24-26-22(12-13-31-24)17-29(28-26)16-19-6-2-1-3-7-19/h1-11,14,17,24H,12-13,15-16,18H2,(H,27,30). The molecule has 1 unspecified atom stereocenters. The van der Waals surface area contributed by atoms with Crippen LogP contribution in [-0.4, -0.2) is 35.4 Å². The number of ether oxygens (including phenoxy) is 2. The molecule has 1 amide bonds. The van der Waals surface area contributed by atoms with Crippen LogP contribution < -0.4 is 10.1 Å². The Bertz CT molecular complexity index is 1220. The second-order valence-electron chi connectivity index (χ2n) is 7.93. The average Bonchev–Trinajstić information content (AvgIpc) is 3.25. The summed E-state index contributed by atoms with van der Waals surface area (Å²) in [4.78, 5) is 12.4. The summed E-state index contributed by atoms with van der Waals surface area (Å²) in [6.07, 6.45) is 2.67. The molecule has 32 heavy (non-hydrogen) atoms. The van der Waals surface area contributed by atoms with Crippen molar-refractivity contribution in [2.45, 2.75) is 19.1 Å². The van der Waals surface area contributed by atoms with Gasteiger partial charge in [-0.3, -0.25) is 9.48 Å². The van der Waals surface area contributed by atoms with E-state index in [9.17, 15) is 4.79 Å². The maximum Gasteiger partial charge on any atom is 0.258 e. The van der Waals surface area contributed by atoms with Crippen molar-refractivity contribution >= 4 is 16.7 Å². The Kier molecular flexibility index (Phi) is 5.85. The van der Waals surface area contributed by atoms with Crippen LogP contribution in [-0.2, 0) is 22.5 Å². The number of fused-ring (bicyclic) bond motifs is 2. The van der Waals surface area contributed by atoms with Gasteiger partial charge in [0, 0.05) is 12.7 Å². The number of hydrogen-bond acceptors (Lipinski definition) is 4. The Balaban J connectivity index is 1.16. The third kappa shape index (κ3) is 4.65. The third-order valence-electron chi connectivity index (χ3n) is 5.63. The van der Waals surface area contributed by atoms with Crippen molar-refractivity contribution in [1.29, 1.82) is 0 Å². The second kappa shape index (κ2) is 9.24. The van der Waals surface area contributed by atoms with Crippen molar-refractivity contribution in [3.63, 3.8) is 0 Å². The Hall–Kier alpha value is -3.64. The zero-order chi connectivity index (χ0) is 21.8. The first-order valence-electron chi connectivity index (χ1n) is 10.8. The van der Waals surface area contributed by atoms with Crippen LogP contribution in [0.4, 0.5) is 0 Å². The molecule has 1 N–H and O–H groups in total. The number of benzene rings is 3. The number of carbonyl (C=O) groups is 1. The minimum absolute atomic E-state index is 0.0413. The number of nitrogens with one attached hydrogen (secondary N) is 1. The van der Waals surface area contributed by atoms with Crippen LogP contribution in [0.2, 0.25) is 0 Å². The van der Waals surface area contributed by atoms with Crippen molar-refractivity contribution in [3.8, 4) is 5.75 Å². The highest BCUT2D eigenvalue weighted by Crippen LogP contribution is 2.25. The van der Waals surface area contributed by atoms with Gasteiger partial charge < -0.3 is 14.8 Å². The molecule has 0 saturated carbocycles. The molecule has 0 saturated heterocycles. The number of hydrogen-bond donors (Lipinski definition) is 1. The van der Waals surface area contributed by atoms with Crippen molar-refractivity contribution < 1.29 is 14.3 Å². The maximum absolute atomic E-state index is 12.4. The molecule has 0 aliphatic carbocycles. The number of rotatable bonds is 7. The smallest absolute Gasteiger partial charge is 0.258 e. The van der Waals surface area contributed by atoms with Crippen molar-refractivity contribution in [2.75, 3.05) is 19.8 Å². The summed E-state index contributed by atoms with van der Waals surface area (Å²) in [6.45, 7) is 1.67. The normalized spacial score (nSPS) is 15.3. The Morgan fingerprint density at radius 1 is 1.06 bits per heavy atom. The highest BCUT2D eigenvalue weighted by molar-refractivity contribution is 5.84. The monoisotopic (exact) mass is 427 g/mol. The van der Waals surface area contributed by atoms with Crippen LogP contribution in [0, 0.1) is 0 Å². The van der Waals surface area contributed by atoms with Gasteiger partial charge in [0.1, 0.15) is 11.9 Å². The van der Waals surface area contributed by atoms with Gasteiger partial charge in [-0.2, -0.15) is 5.10 Å². The first kappa shape index (κ1) is 20.3. The lowest BCUT2D eigenvalue weighted by Gasteiger charge is -2.22. The summed E-state index contributed by atoms with van der Waals surface area (Å²) in [5.74, 6) is 0.493. The highest BCUT2D eigenvalue weighted by atomic mass is 16.5. The Labute approximate surface area is 186 Å². The molecule has 0 radical (unpaired) electrons. The first-order chi connectivity index (χ1) is 15.7. The van der Waals surface area contributed by atoms with Crippen LogP contribution in [0.5, 0.6) is 5.75 Å². The van der Waals surface area contributed by atoms with Crippen LogP contribution in [0.3, 0.4) is 0 Å². The van der Waals surface area contributed by atoms with Crippen molar-refractivity contribution in [3.05, 3.63) is 95.8 Å². The van der Waals surface area contributed by atoms with E-state index in [1.54, 1.807) is 0 Å². The molecule has 1 aliphatic rings. The van der Waals surface area contributed by atoms with Crippen LogP contribution in [0.15, 0.2) is 79.0 Å². The largest absolute Gasteiger partial charge is 0.484 e. The third-order valence-corrected chi connectivity index (χ3v) is 5.63. The van der Waals surface area contributed by atoms with E-state index in [0.717, 1.165) is 22.9 Å². The molecular formula is C26H25N3O3. The minimum atomic E-state index is -0.250. The van der Waals surface area contributed by atoms with E-state index < -0.39 is 0 Å². The van der Waals surface area contributed by atoms with E-state index in [2.05, 4.69) is 23.6 Å². The van der Waals surface area contributed by atoms with E-state index in [-0.39, 0.29) is 18.6 Å². The summed E-state index contributed by atoms with van der Waals surface area (Å²) in [5, 5.41) is 9.88.